The Morgan fingerprint density at radius 1 is 1.36 bits per heavy atom. The lowest BCUT2D eigenvalue weighted by Crippen LogP contribution is -2.17. The first kappa shape index (κ1) is 14.0. The summed E-state index contributed by atoms with van der Waals surface area (Å²) in [6.07, 6.45) is 1.74. The van der Waals surface area contributed by atoms with E-state index in [0.717, 1.165) is 0 Å². The molecule has 22 heavy (non-hydrogen) atoms. The Hall–Kier alpha value is -2.96. The molecule has 2 aromatic heterocycles. The fraction of sp³-hybridized carbons (Fsp3) is 0.133. The number of nitrogens with one attached hydrogen (secondary N) is 1. The van der Waals surface area contributed by atoms with Crippen molar-refractivity contribution >= 4 is 11.6 Å². The second-order valence-electron chi connectivity index (χ2n) is 4.72. The molecule has 6 nitrogen and oxygen atoms in total. The van der Waals surface area contributed by atoms with Crippen LogP contribution in [-0.4, -0.2) is 20.6 Å². The summed E-state index contributed by atoms with van der Waals surface area (Å²) in [4.78, 5) is 16.4. The van der Waals surface area contributed by atoms with Crippen LogP contribution in [0.4, 0.5) is 10.1 Å². The Morgan fingerprint density at radius 2 is 2.23 bits per heavy atom. The van der Waals surface area contributed by atoms with Gasteiger partial charge in [0, 0.05) is 18.8 Å². The predicted molar refractivity (Wildman–Crippen MR) is 76.9 cm³/mol. The molecule has 0 bridgehead atoms. The normalized spacial score (nSPS) is 10.6. The van der Waals surface area contributed by atoms with Gasteiger partial charge in [-0.25, -0.2) is 4.39 Å². The van der Waals surface area contributed by atoms with Gasteiger partial charge in [-0.1, -0.05) is 11.2 Å². The van der Waals surface area contributed by atoms with E-state index in [2.05, 4.69) is 15.5 Å². The van der Waals surface area contributed by atoms with Gasteiger partial charge < -0.3 is 14.4 Å². The lowest BCUT2D eigenvalue weighted by molar-refractivity contribution is 0.101. The molecular weight excluding hydrogens is 287 g/mol. The van der Waals surface area contributed by atoms with Crippen LogP contribution in [0.3, 0.4) is 0 Å². The molecule has 3 rings (SSSR count). The number of hydrogen-bond acceptors (Lipinski definition) is 4. The lowest BCUT2D eigenvalue weighted by Gasteiger charge is -2.08. The predicted octanol–water partition coefficient (Wildman–Crippen LogP) is 2.62. The van der Waals surface area contributed by atoms with Gasteiger partial charge >= 0.3 is 0 Å². The second kappa shape index (κ2) is 5.80. The van der Waals surface area contributed by atoms with E-state index in [-0.39, 0.29) is 5.91 Å². The van der Waals surface area contributed by atoms with Crippen LogP contribution >= 0.6 is 0 Å². The standard InChI is InChI=1S/C15H13FN4O2/c1-10-17-14(19-22-10)9-20-7-3-6-13(20)15(21)18-12-5-2-4-11(16)8-12/h2-8H,9H2,1H3,(H,18,21). The van der Waals surface area contributed by atoms with Gasteiger partial charge in [-0.05, 0) is 30.3 Å². The largest absolute Gasteiger partial charge is 0.340 e. The molecule has 0 unspecified atom stereocenters. The number of carbonyl (C=O) groups is 1. The SMILES string of the molecule is Cc1nc(Cn2cccc2C(=O)Nc2cccc(F)c2)no1. The molecule has 0 spiro atoms. The summed E-state index contributed by atoms with van der Waals surface area (Å²) in [5, 5.41) is 6.45. The van der Waals surface area contributed by atoms with E-state index in [1.807, 2.05) is 0 Å². The van der Waals surface area contributed by atoms with Crippen molar-refractivity contribution in [1.82, 2.24) is 14.7 Å². The Kier molecular flexibility index (Phi) is 3.69. The first-order valence-electron chi connectivity index (χ1n) is 6.63. The second-order valence-corrected chi connectivity index (χ2v) is 4.72. The van der Waals surface area contributed by atoms with Crippen LogP contribution in [0.1, 0.15) is 22.2 Å². The maximum absolute atomic E-state index is 13.1. The highest BCUT2D eigenvalue weighted by molar-refractivity contribution is 6.03. The summed E-state index contributed by atoms with van der Waals surface area (Å²) >= 11 is 0. The highest BCUT2D eigenvalue weighted by atomic mass is 19.1. The van der Waals surface area contributed by atoms with Crippen LogP contribution in [0, 0.1) is 12.7 Å². The number of hydrogen-bond donors (Lipinski definition) is 1. The zero-order chi connectivity index (χ0) is 15.5. The molecule has 0 atom stereocenters. The Bertz CT molecular complexity index is 809. The lowest BCUT2D eigenvalue weighted by atomic mass is 10.3. The number of aromatic nitrogens is 3. The minimum absolute atomic E-state index is 0.316. The average Bonchev–Trinajstić information content (AvgIpc) is 3.08. The van der Waals surface area contributed by atoms with Crippen molar-refractivity contribution in [3.63, 3.8) is 0 Å². The van der Waals surface area contributed by atoms with Crippen molar-refractivity contribution < 1.29 is 13.7 Å². The molecule has 112 valence electrons. The highest BCUT2D eigenvalue weighted by Crippen LogP contribution is 2.12. The van der Waals surface area contributed by atoms with Gasteiger partial charge in [-0.15, -0.1) is 0 Å². The molecule has 0 fully saturated rings. The van der Waals surface area contributed by atoms with E-state index < -0.39 is 5.82 Å². The van der Waals surface area contributed by atoms with E-state index in [9.17, 15) is 9.18 Å². The molecule has 0 aliphatic carbocycles. The van der Waals surface area contributed by atoms with E-state index in [4.69, 9.17) is 4.52 Å². The fourth-order valence-electron chi connectivity index (χ4n) is 2.08. The molecule has 0 radical (unpaired) electrons. The van der Waals surface area contributed by atoms with Gasteiger partial charge in [0.2, 0.25) is 5.89 Å². The zero-order valence-electron chi connectivity index (χ0n) is 11.8. The minimum Gasteiger partial charge on any atom is -0.340 e. The van der Waals surface area contributed by atoms with Crippen molar-refractivity contribution in [2.45, 2.75) is 13.5 Å². The molecule has 7 heteroatoms. The van der Waals surface area contributed by atoms with E-state index >= 15 is 0 Å². The van der Waals surface area contributed by atoms with Crippen molar-refractivity contribution in [1.29, 1.82) is 0 Å². The number of carbonyl (C=O) groups excluding carboxylic acids is 1. The average molecular weight is 300 g/mol. The third-order valence-electron chi connectivity index (χ3n) is 3.03. The molecule has 1 N–H and O–H groups in total. The van der Waals surface area contributed by atoms with Crippen LogP contribution in [0.25, 0.3) is 0 Å². The van der Waals surface area contributed by atoms with Gasteiger partial charge in [0.05, 0.1) is 6.54 Å². The zero-order valence-corrected chi connectivity index (χ0v) is 11.8. The summed E-state index contributed by atoms with van der Waals surface area (Å²) in [7, 11) is 0. The molecule has 0 saturated heterocycles. The maximum Gasteiger partial charge on any atom is 0.272 e. The quantitative estimate of drug-likeness (QED) is 0.804. The molecule has 2 heterocycles. The van der Waals surface area contributed by atoms with E-state index in [1.54, 1.807) is 35.9 Å². The first-order chi connectivity index (χ1) is 10.6. The summed E-state index contributed by atoms with van der Waals surface area (Å²) in [5.74, 6) is 0.202. The van der Waals surface area contributed by atoms with Gasteiger partial charge in [-0.3, -0.25) is 4.79 Å². The number of rotatable bonds is 4. The molecule has 0 saturated carbocycles. The number of nitrogens with zero attached hydrogens (tertiary/aromatic N) is 3. The number of amides is 1. The molecule has 1 aromatic carbocycles. The summed E-state index contributed by atoms with van der Waals surface area (Å²) in [6, 6.07) is 9.14. The summed E-state index contributed by atoms with van der Waals surface area (Å²) < 4.78 is 19.7. The van der Waals surface area contributed by atoms with Crippen molar-refractivity contribution in [2.75, 3.05) is 5.32 Å². The van der Waals surface area contributed by atoms with Crippen LogP contribution in [-0.2, 0) is 6.54 Å². The van der Waals surface area contributed by atoms with Gasteiger partial charge in [0.15, 0.2) is 5.82 Å². The molecule has 1 amide bonds. The van der Waals surface area contributed by atoms with Gasteiger partial charge in [0.25, 0.3) is 5.91 Å². The van der Waals surface area contributed by atoms with Crippen LogP contribution < -0.4 is 5.32 Å². The summed E-state index contributed by atoms with van der Waals surface area (Å²) in [5.41, 5.74) is 0.819. The van der Waals surface area contributed by atoms with E-state index in [1.165, 1.54) is 18.2 Å². The first-order valence-corrected chi connectivity index (χ1v) is 6.63. The minimum atomic E-state index is -0.407. The van der Waals surface area contributed by atoms with Crippen LogP contribution in [0.5, 0.6) is 0 Å². The van der Waals surface area contributed by atoms with E-state index in [0.29, 0.717) is 29.6 Å². The molecule has 3 aromatic rings. The van der Waals surface area contributed by atoms with Crippen molar-refractivity contribution in [2.24, 2.45) is 0 Å². The molecular formula is C15H13FN4O2. The Labute approximate surface area is 125 Å². The van der Waals surface area contributed by atoms with Crippen LogP contribution in [0.15, 0.2) is 47.1 Å². The maximum atomic E-state index is 13.1. The van der Waals surface area contributed by atoms with Crippen molar-refractivity contribution in [3.05, 3.63) is 65.8 Å². The number of aryl methyl sites for hydroxylation is 1. The van der Waals surface area contributed by atoms with Gasteiger partial charge in [-0.2, -0.15) is 4.98 Å². The van der Waals surface area contributed by atoms with Crippen molar-refractivity contribution in [3.8, 4) is 0 Å². The third kappa shape index (κ3) is 3.03. The summed E-state index contributed by atoms with van der Waals surface area (Å²) in [6.45, 7) is 2.01. The Balaban J connectivity index is 1.77. The smallest absolute Gasteiger partial charge is 0.272 e. The Morgan fingerprint density at radius 3 is 2.95 bits per heavy atom. The number of benzene rings is 1. The molecule has 0 aliphatic heterocycles. The number of halogens is 1. The molecule has 0 aliphatic rings. The topological polar surface area (TPSA) is 73.0 Å². The highest BCUT2D eigenvalue weighted by Gasteiger charge is 2.13. The monoisotopic (exact) mass is 300 g/mol. The third-order valence-corrected chi connectivity index (χ3v) is 3.03. The van der Waals surface area contributed by atoms with Crippen LogP contribution in [0.2, 0.25) is 0 Å². The fourth-order valence-corrected chi connectivity index (χ4v) is 2.08. The van der Waals surface area contributed by atoms with Gasteiger partial charge in [0.1, 0.15) is 11.5 Å². The number of anilines is 1.